The lowest BCUT2D eigenvalue weighted by atomic mass is 10.1. The van der Waals surface area contributed by atoms with Crippen molar-refractivity contribution in [1.82, 2.24) is 9.97 Å². The van der Waals surface area contributed by atoms with Gasteiger partial charge in [-0.05, 0) is 18.2 Å². The highest BCUT2D eigenvalue weighted by atomic mass is 19.1. The second-order valence-corrected chi connectivity index (χ2v) is 4.56. The number of aromatic nitrogens is 2. The predicted octanol–water partition coefficient (Wildman–Crippen LogP) is 2.88. The summed E-state index contributed by atoms with van der Waals surface area (Å²) in [4.78, 5) is 8.34. The van der Waals surface area contributed by atoms with Crippen LogP contribution in [-0.4, -0.2) is 21.7 Å². The normalized spacial score (nSPS) is 12.3. The SMILES string of the molecule is OC(COc1ccc2nccnc2c1)c1ccccc1F. The van der Waals surface area contributed by atoms with Gasteiger partial charge in [0.15, 0.2) is 0 Å². The summed E-state index contributed by atoms with van der Waals surface area (Å²) >= 11 is 0. The minimum absolute atomic E-state index is 0.0350. The Morgan fingerprint density at radius 1 is 1.05 bits per heavy atom. The first kappa shape index (κ1) is 13.5. The van der Waals surface area contributed by atoms with E-state index in [0.717, 1.165) is 5.52 Å². The maximum atomic E-state index is 13.5. The van der Waals surface area contributed by atoms with E-state index in [4.69, 9.17) is 4.74 Å². The lowest BCUT2D eigenvalue weighted by Crippen LogP contribution is -2.11. The summed E-state index contributed by atoms with van der Waals surface area (Å²) in [6.45, 7) is -0.0350. The van der Waals surface area contributed by atoms with Gasteiger partial charge in [0.2, 0.25) is 0 Å². The molecule has 0 fully saturated rings. The number of fused-ring (bicyclic) bond motifs is 1. The smallest absolute Gasteiger partial charge is 0.129 e. The number of aliphatic hydroxyl groups excluding tert-OH is 1. The molecule has 21 heavy (non-hydrogen) atoms. The van der Waals surface area contributed by atoms with Crippen molar-refractivity contribution in [3.63, 3.8) is 0 Å². The fraction of sp³-hybridized carbons (Fsp3) is 0.125. The Bertz CT molecular complexity index is 764. The molecule has 0 spiro atoms. The van der Waals surface area contributed by atoms with Crippen LogP contribution in [0, 0.1) is 5.82 Å². The standard InChI is InChI=1S/C16H13FN2O2/c17-13-4-2-1-3-12(13)16(20)10-21-11-5-6-14-15(9-11)19-8-7-18-14/h1-9,16,20H,10H2. The zero-order valence-electron chi connectivity index (χ0n) is 11.1. The van der Waals surface area contributed by atoms with Gasteiger partial charge < -0.3 is 9.84 Å². The van der Waals surface area contributed by atoms with Crippen LogP contribution >= 0.6 is 0 Å². The molecule has 1 heterocycles. The summed E-state index contributed by atoms with van der Waals surface area (Å²) in [5.41, 5.74) is 1.69. The summed E-state index contributed by atoms with van der Waals surface area (Å²) in [5.74, 6) is 0.108. The average molecular weight is 284 g/mol. The fourth-order valence-electron chi connectivity index (χ4n) is 2.04. The molecule has 1 aromatic heterocycles. The van der Waals surface area contributed by atoms with Gasteiger partial charge in [-0.3, -0.25) is 9.97 Å². The molecule has 1 atom stereocenters. The Labute approximate surface area is 120 Å². The van der Waals surface area contributed by atoms with Crippen LogP contribution in [0.5, 0.6) is 5.75 Å². The molecule has 0 bridgehead atoms. The quantitative estimate of drug-likeness (QED) is 0.800. The van der Waals surface area contributed by atoms with Gasteiger partial charge in [-0.15, -0.1) is 0 Å². The third-order valence-corrected chi connectivity index (χ3v) is 3.11. The Kier molecular flexibility index (Phi) is 3.75. The van der Waals surface area contributed by atoms with Crippen LogP contribution in [0.1, 0.15) is 11.7 Å². The first-order chi connectivity index (χ1) is 10.2. The van der Waals surface area contributed by atoms with E-state index in [0.29, 0.717) is 11.3 Å². The van der Waals surface area contributed by atoms with Gasteiger partial charge >= 0.3 is 0 Å². The molecule has 0 aliphatic rings. The third kappa shape index (κ3) is 2.98. The minimum atomic E-state index is -1.02. The van der Waals surface area contributed by atoms with Crippen molar-refractivity contribution in [3.05, 3.63) is 66.2 Å². The largest absolute Gasteiger partial charge is 0.490 e. The van der Waals surface area contributed by atoms with Gasteiger partial charge in [0.1, 0.15) is 24.3 Å². The summed E-state index contributed by atoms with van der Waals surface area (Å²) < 4.78 is 19.0. The lowest BCUT2D eigenvalue weighted by molar-refractivity contribution is 0.105. The Hall–Kier alpha value is -2.53. The number of rotatable bonds is 4. The number of hydrogen-bond donors (Lipinski definition) is 1. The number of ether oxygens (including phenoxy) is 1. The molecular weight excluding hydrogens is 271 g/mol. The van der Waals surface area contributed by atoms with Crippen molar-refractivity contribution in [2.45, 2.75) is 6.10 Å². The van der Waals surface area contributed by atoms with Crippen LogP contribution in [0.3, 0.4) is 0 Å². The molecule has 1 unspecified atom stereocenters. The van der Waals surface area contributed by atoms with E-state index in [1.807, 2.05) is 0 Å². The topological polar surface area (TPSA) is 55.2 Å². The molecule has 3 rings (SSSR count). The van der Waals surface area contributed by atoms with Gasteiger partial charge in [0, 0.05) is 24.0 Å². The van der Waals surface area contributed by atoms with Crippen molar-refractivity contribution < 1.29 is 14.2 Å². The first-order valence-corrected chi connectivity index (χ1v) is 6.50. The molecule has 0 saturated carbocycles. The molecule has 0 amide bonds. The maximum absolute atomic E-state index is 13.5. The van der Waals surface area contributed by atoms with Crippen LogP contribution in [0.25, 0.3) is 11.0 Å². The molecule has 0 radical (unpaired) electrons. The highest BCUT2D eigenvalue weighted by molar-refractivity contribution is 5.75. The van der Waals surface area contributed by atoms with E-state index in [2.05, 4.69) is 9.97 Å². The molecule has 2 aromatic carbocycles. The molecular formula is C16H13FN2O2. The third-order valence-electron chi connectivity index (χ3n) is 3.11. The van der Waals surface area contributed by atoms with Crippen LogP contribution in [0.4, 0.5) is 4.39 Å². The van der Waals surface area contributed by atoms with Gasteiger partial charge in [-0.1, -0.05) is 18.2 Å². The highest BCUT2D eigenvalue weighted by Crippen LogP contribution is 2.21. The number of nitrogens with zero attached hydrogens (tertiary/aromatic N) is 2. The number of halogens is 1. The maximum Gasteiger partial charge on any atom is 0.129 e. The number of hydrogen-bond acceptors (Lipinski definition) is 4. The molecule has 0 saturated heterocycles. The second kappa shape index (κ2) is 5.85. The molecule has 3 aromatic rings. The van der Waals surface area contributed by atoms with Crippen molar-refractivity contribution in [2.75, 3.05) is 6.61 Å². The monoisotopic (exact) mass is 284 g/mol. The zero-order valence-corrected chi connectivity index (χ0v) is 11.1. The summed E-state index contributed by atoms with van der Waals surface area (Å²) in [5, 5.41) is 9.98. The molecule has 0 aliphatic carbocycles. The zero-order chi connectivity index (χ0) is 14.7. The van der Waals surface area contributed by atoms with Crippen LogP contribution < -0.4 is 4.74 Å². The highest BCUT2D eigenvalue weighted by Gasteiger charge is 2.13. The lowest BCUT2D eigenvalue weighted by Gasteiger charge is -2.13. The van der Waals surface area contributed by atoms with E-state index >= 15 is 0 Å². The first-order valence-electron chi connectivity index (χ1n) is 6.50. The average Bonchev–Trinajstić information content (AvgIpc) is 2.53. The van der Waals surface area contributed by atoms with Crippen LogP contribution in [0.15, 0.2) is 54.9 Å². The molecule has 5 heteroatoms. The summed E-state index contributed by atoms with van der Waals surface area (Å²) in [6.07, 6.45) is 2.19. The van der Waals surface area contributed by atoms with E-state index < -0.39 is 11.9 Å². The van der Waals surface area contributed by atoms with Gasteiger partial charge in [0.25, 0.3) is 0 Å². The molecule has 1 N–H and O–H groups in total. The van der Waals surface area contributed by atoms with Crippen molar-refractivity contribution in [3.8, 4) is 5.75 Å². The Morgan fingerprint density at radius 2 is 1.81 bits per heavy atom. The van der Waals surface area contributed by atoms with Crippen molar-refractivity contribution in [2.24, 2.45) is 0 Å². The van der Waals surface area contributed by atoms with Crippen LogP contribution in [0.2, 0.25) is 0 Å². The molecule has 4 nitrogen and oxygen atoms in total. The fourth-order valence-corrected chi connectivity index (χ4v) is 2.04. The van der Waals surface area contributed by atoms with E-state index in [1.54, 1.807) is 42.7 Å². The Morgan fingerprint density at radius 3 is 2.62 bits per heavy atom. The molecule has 0 aliphatic heterocycles. The second-order valence-electron chi connectivity index (χ2n) is 4.56. The number of benzene rings is 2. The van der Waals surface area contributed by atoms with E-state index in [-0.39, 0.29) is 12.2 Å². The van der Waals surface area contributed by atoms with E-state index in [9.17, 15) is 9.50 Å². The Balaban J connectivity index is 1.73. The summed E-state index contributed by atoms with van der Waals surface area (Å²) in [6, 6.07) is 11.4. The number of aliphatic hydroxyl groups is 1. The molecule has 106 valence electrons. The van der Waals surface area contributed by atoms with Crippen molar-refractivity contribution in [1.29, 1.82) is 0 Å². The van der Waals surface area contributed by atoms with Gasteiger partial charge in [0.05, 0.1) is 11.0 Å². The van der Waals surface area contributed by atoms with Crippen molar-refractivity contribution >= 4 is 11.0 Å². The van der Waals surface area contributed by atoms with Gasteiger partial charge in [-0.2, -0.15) is 0 Å². The summed E-state index contributed by atoms with van der Waals surface area (Å²) in [7, 11) is 0. The predicted molar refractivity (Wildman–Crippen MR) is 76.4 cm³/mol. The van der Waals surface area contributed by atoms with Crippen LogP contribution in [-0.2, 0) is 0 Å². The minimum Gasteiger partial charge on any atom is -0.490 e. The van der Waals surface area contributed by atoms with E-state index in [1.165, 1.54) is 12.1 Å². The van der Waals surface area contributed by atoms with Gasteiger partial charge in [-0.25, -0.2) is 4.39 Å².